The van der Waals surface area contributed by atoms with Crippen molar-refractivity contribution < 1.29 is 28.5 Å². The molecular formula is C16H24N2O6. The fraction of sp³-hybridized carbons (Fsp3) is 0.500. The Morgan fingerprint density at radius 3 is 1.96 bits per heavy atom. The molecule has 0 aliphatic rings. The third-order valence-corrected chi connectivity index (χ3v) is 3.19. The van der Waals surface area contributed by atoms with Crippen LogP contribution in [-0.4, -0.2) is 46.0 Å². The molecule has 0 aromatic heterocycles. The van der Waals surface area contributed by atoms with Crippen LogP contribution in [0, 0.1) is 0 Å². The van der Waals surface area contributed by atoms with Crippen molar-refractivity contribution in [3.63, 3.8) is 0 Å². The summed E-state index contributed by atoms with van der Waals surface area (Å²) in [6, 6.07) is 2.74. The molecule has 0 aliphatic heterocycles. The summed E-state index contributed by atoms with van der Waals surface area (Å²) in [5.74, 6) is 0.854. The Labute approximate surface area is 141 Å². The van der Waals surface area contributed by atoms with Crippen molar-refractivity contribution in [3.05, 3.63) is 12.1 Å². The van der Waals surface area contributed by atoms with Gasteiger partial charge in [-0.1, -0.05) is 0 Å². The van der Waals surface area contributed by atoms with Crippen molar-refractivity contribution in [2.75, 3.05) is 33.8 Å². The predicted molar refractivity (Wildman–Crippen MR) is 89.0 cm³/mol. The number of methoxy groups -OCH3 is 4. The summed E-state index contributed by atoms with van der Waals surface area (Å²) in [7, 11) is 5.77. The van der Waals surface area contributed by atoms with Crippen LogP contribution < -0.4 is 24.8 Å². The average Bonchev–Trinajstić information content (AvgIpc) is 2.52. The number of hydrogen-bond donors (Lipinski definition) is 2. The molecule has 1 aromatic rings. The Morgan fingerprint density at radius 2 is 1.54 bits per heavy atom. The normalized spacial score (nSPS) is 10.6. The molecule has 8 heteroatoms. The third-order valence-electron chi connectivity index (χ3n) is 3.19. The van der Waals surface area contributed by atoms with Crippen LogP contribution in [0.25, 0.3) is 0 Å². The maximum Gasteiger partial charge on any atom is 0.319 e. The van der Waals surface area contributed by atoms with Crippen LogP contribution in [0.2, 0.25) is 0 Å². The number of hydrogen-bond acceptors (Lipinski definition) is 6. The van der Waals surface area contributed by atoms with E-state index < -0.39 is 17.5 Å². The molecule has 0 bridgehead atoms. The Balaban J connectivity index is 2.89. The largest absolute Gasteiger partial charge is 0.493 e. The topological polar surface area (TPSA) is 95.1 Å². The fourth-order valence-electron chi connectivity index (χ4n) is 2.10. The lowest BCUT2D eigenvalue weighted by Gasteiger charge is -2.25. The smallest absolute Gasteiger partial charge is 0.319 e. The van der Waals surface area contributed by atoms with Gasteiger partial charge in [0.15, 0.2) is 11.5 Å². The molecule has 0 saturated heterocycles. The number of esters is 1. The van der Waals surface area contributed by atoms with E-state index in [-0.39, 0.29) is 6.42 Å². The molecule has 0 heterocycles. The van der Waals surface area contributed by atoms with E-state index in [4.69, 9.17) is 14.2 Å². The molecule has 0 radical (unpaired) electrons. The molecule has 0 aliphatic carbocycles. The number of nitrogens with one attached hydrogen (secondary N) is 2. The van der Waals surface area contributed by atoms with Crippen LogP contribution in [0.15, 0.2) is 12.1 Å². The highest BCUT2D eigenvalue weighted by Gasteiger charge is 2.25. The SMILES string of the molecule is COC(=O)CC(C)(C)NC(=O)Nc1cc(OC)c(OC)c(OC)c1. The van der Waals surface area contributed by atoms with Gasteiger partial charge in [0, 0.05) is 17.7 Å². The third kappa shape index (κ3) is 5.22. The molecule has 24 heavy (non-hydrogen) atoms. The van der Waals surface area contributed by atoms with E-state index in [9.17, 15) is 9.59 Å². The van der Waals surface area contributed by atoms with Crippen molar-refractivity contribution >= 4 is 17.7 Å². The Hall–Kier alpha value is -2.64. The number of carbonyl (C=O) groups excluding carboxylic acids is 2. The summed E-state index contributed by atoms with van der Waals surface area (Å²) in [6.07, 6.45) is 0.0478. The van der Waals surface area contributed by atoms with Crippen LogP contribution in [0.3, 0.4) is 0 Å². The van der Waals surface area contributed by atoms with Gasteiger partial charge in [-0.05, 0) is 13.8 Å². The first-order chi connectivity index (χ1) is 11.3. The quantitative estimate of drug-likeness (QED) is 0.739. The molecule has 8 nitrogen and oxygen atoms in total. The lowest BCUT2D eigenvalue weighted by atomic mass is 10.0. The highest BCUT2D eigenvalue weighted by molar-refractivity contribution is 5.91. The zero-order valence-electron chi connectivity index (χ0n) is 14.8. The minimum Gasteiger partial charge on any atom is -0.493 e. The van der Waals surface area contributed by atoms with Crippen molar-refractivity contribution in [2.24, 2.45) is 0 Å². The van der Waals surface area contributed by atoms with Crippen molar-refractivity contribution in [1.82, 2.24) is 5.32 Å². The van der Waals surface area contributed by atoms with E-state index in [0.717, 1.165) is 0 Å². The van der Waals surface area contributed by atoms with E-state index in [1.54, 1.807) is 26.0 Å². The monoisotopic (exact) mass is 340 g/mol. The fourth-order valence-corrected chi connectivity index (χ4v) is 2.10. The zero-order chi connectivity index (χ0) is 18.3. The van der Waals surface area contributed by atoms with Crippen molar-refractivity contribution in [1.29, 1.82) is 0 Å². The second kappa shape index (κ2) is 8.28. The highest BCUT2D eigenvalue weighted by Crippen LogP contribution is 2.39. The summed E-state index contributed by atoms with van der Waals surface area (Å²) < 4.78 is 20.3. The predicted octanol–water partition coefficient (Wildman–Crippen LogP) is 2.18. The summed E-state index contributed by atoms with van der Waals surface area (Å²) in [5, 5.41) is 5.38. The Kier molecular flexibility index (Phi) is 6.69. The summed E-state index contributed by atoms with van der Waals surface area (Å²) >= 11 is 0. The van der Waals surface area contributed by atoms with Crippen LogP contribution in [0.4, 0.5) is 10.5 Å². The number of rotatable bonds is 7. The van der Waals surface area contributed by atoms with E-state index in [0.29, 0.717) is 22.9 Å². The maximum atomic E-state index is 12.2. The molecule has 0 atom stereocenters. The second-order valence-electron chi connectivity index (χ2n) is 5.63. The first-order valence-corrected chi connectivity index (χ1v) is 7.22. The maximum absolute atomic E-state index is 12.2. The molecule has 1 aromatic carbocycles. The van der Waals surface area contributed by atoms with Crippen molar-refractivity contribution in [2.45, 2.75) is 25.8 Å². The number of urea groups is 1. The number of anilines is 1. The number of carbonyl (C=O) groups is 2. The summed E-state index contributed by atoms with van der Waals surface area (Å²) in [6.45, 7) is 3.44. The van der Waals surface area contributed by atoms with E-state index >= 15 is 0 Å². The standard InChI is InChI=1S/C16H24N2O6/c1-16(2,9-13(19)23-5)18-15(20)17-10-7-11(21-3)14(24-6)12(8-10)22-4/h7-8H,9H2,1-6H3,(H2,17,18,20). The minimum absolute atomic E-state index is 0.0478. The lowest BCUT2D eigenvalue weighted by molar-refractivity contribution is -0.141. The molecule has 0 spiro atoms. The van der Waals surface area contributed by atoms with E-state index in [2.05, 4.69) is 15.4 Å². The lowest BCUT2D eigenvalue weighted by Crippen LogP contribution is -2.47. The summed E-state index contributed by atoms with van der Waals surface area (Å²) in [4.78, 5) is 23.5. The summed E-state index contributed by atoms with van der Waals surface area (Å²) in [5.41, 5.74) is -0.312. The molecule has 0 saturated carbocycles. The van der Waals surface area contributed by atoms with Crippen molar-refractivity contribution in [3.8, 4) is 17.2 Å². The van der Waals surface area contributed by atoms with Crippen LogP contribution in [0.1, 0.15) is 20.3 Å². The van der Waals surface area contributed by atoms with Gasteiger partial charge in [0.25, 0.3) is 0 Å². The van der Waals surface area contributed by atoms with Gasteiger partial charge in [-0.15, -0.1) is 0 Å². The highest BCUT2D eigenvalue weighted by atomic mass is 16.5. The van der Waals surface area contributed by atoms with Gasteiger partial charge in [0.2, 0.25) is 5.75 Å². The van der Waals surface area contributed by atoms with Crippen LogP contribution in [0.5, 0.6) is 17.2 Å². The average molecular weight is 340 g/mol. The zero-order valence-corrected chi connectivity index (χ0v) is 14.8. The number of ether oxygens (including phenoxy) is 4. The molecule has 2 N–H and O–H groups in total. The Bertz CT molecular complexity index is 575. The van der Waals surface area contributed by atoms with Crippen LogP contribution >= 0.6 is 0 Å². The van der Waals surface area contributed by atoms with Gasteiger partial charge in [0.05, 0.1) is 40.5 Å². The van der Waals surface area contributed by atoms with Gasteiger partial charge in [-0.25, -0.2) is 4.79 Å². The van der Waals surface area contributed by atoms with Gasteiger partial charge in [-0.2, -0.15) is 0 Å². The first-order valence-electron chi connectivity index (χ1n) is 7.22. The first kappa shape index (κ1) is 19.4. The number of amides is 2. The molecule has 1 rings (SSSR count). The van der Waals surface area contributed by atoms with E-state index in [1.165, 1.54) is 28.4 Å². The van der Waals surface area contributed by atoms with Gasteiger partial charge in [-0.3, -0.25) is 4.79 Å². The minimum atomic E-state index is -0.766. The number of benzene rings is 1. The molecule has 0 fully saturated rings. The van der Waals surface area contributed by atoms with Gasteiger partial charge in [0.1, 0.15) is 0 Å². The molecule has 134 valence electrons. The molecular weight excluding hydrogens is 316 g/mol. The molecule has 2 amide bonds. The van der Waals surface area contributed by atoms with Gasteiger partial charge < -0.3 is 29.6 Å². The van der Waals surface area contributed by atoms with Gasteiger partial charge >= 0.3 is 12.0 Å². The van der Waals surface area contributed by atoms with Crippen LogP contribution in [-0.2, 0) is 9.53 Å². The van der Waals surface area contributed by atoms with E-state index in [1.807, 2.05) is 0 Å². The molecule has 0 unspecified atom stereocenters. The second-order valence-corrected chi connectivity index (χ2v) is 5.63. The Morgan fingerprint density at radius 1 is 1.00 bits per heavy atom.